The van der Waals surface area contributed by atoms with Crippen LogP contribution in [-0.4, -0.2) is 12.6 Å². The number of alkyl halides is 3. The van der Waals surface area contributed by atoms with Gasteiger partial charge in [-0.15, -0.1) is 0 Å². The van der Waals surface area contributed by atoms with E-state index in [9.17, 15) is 13.2 Å². The van der Waals surface area contributed by atoms with Crippen molar-refractivity contribution < 1.29 is 13.2 Å². The van der Waals surface area contributed by atoms with Gasteiger partial charge in [0.15, 0.2) is 0 Å². The standard InChI is InChI=1S/C15H19BrF3N/c1-2-7-20-14(10-3-4-10)8-11-5-6-12(9-13(11)16)15(17,18)19/h5-6,9-10,14,20H,2-4,7-8H2,1H3. The zero-order valence-corrected chi connectivity index (χ0v) is 13.0. The highest BCUT2D eigenvalue weighted by molar-refractivity contribution is 9.10. The number of benzene rings is 1. The second-order valence-electron chi connectivity index (χ2n) is 5.41. The molecule has 1 fully saturated rings. The van der Waals surface area contributed by atoms with Crippen LogP contribution < -0.4 is 5.32 Å². The Morgan fingerprint density at radius 3 is 2.55 bits per heavy atom. The van der Waals surface area contributed by atoms with E-state index in [2.05, 4.69) is 28.2 Å². The molecule has 5 heteroatoms. The monoisotopic (exact) mass is 349 g/mol. The molecule has 1 aromatic rings. The molecule has 112 valence electrons. The average molecular weight is 350 g/mol. The summed E-state index contributed by atoms with van der Waals surface area (Å²) >= 11 is 3.28. The minimum Gasteiger partial charge on any atom is -0.313 e. The third-order valence-corrected chi connectivity index (χ3v) is 4.41. The Bertz CT molecular complexity index is 455. The molecular weight excluding hydrogens is 331 g/mol. The number of nitrogens with one attached hydrogen (secondary N) is 1. The Labute approximate surface area is 126 Å². The van der Waals surface area contributed by atoms with Crippen LogP contribution in [-0.2, 0) is 12.6 Å². The fourth-order valence-corrected chi connectivity index (χ4v) is 2.90. The molecule has 0 saturated heterocycles. The van der Waals surface area contributed by atoms with Crippen molar-refractivity contribution in [2.24, 2.45) is 5.92 Å². The second-order valence-corrected chi connectivity index (χ2v) is 6.26. The van der Waals surface area contributed by atoms with E-state index >= 15 is 0 Å². The molecule has 1 nitrogen and oxygen atoms in total. The van der Waals surface area contributed by atoms with Crippen molar-refractivity contribution in [3.63, 3.8) is 0 Å². The smallest absolute Gasteiger partial charge is 0.313 e. The van der Waals surface area contributed by atoms with E-state index in [-0.39, 0.29) is 0 Å². The zero-order valence-electron chi connectivity index (χ0n) is 11.4. The lowest BCUT2D eigenvalue weighted by Gasteiger charge is -2.19. The number of halogens is 4. The molecule has 20 heavy (non-hydrogen) atoms. The summed E-state index contributed by atoms with van der Waals surface area (Å²) in [4.78, 5) is 0. The van der Waals surface area contributed by atoms with Gasteiger partial charge >= 0.3 is 6.18 Å². The van der Waals surface area contributed by atoms with Crippen LogP contribution in [0.3, 0.4) is 0 Å². The van der Waals surface area contributed by atoms with Gasteiger partial charge in [-0.05, 0) is 55.8 Å². The molecule has 0 aromatic heterocycles. The fraction of sp³-hybridized carbons (Fsp3) is 0.600. The Kier molecular flexibility index (Phi) is 5.13. The van der Waals surface area contributed by atoms with Crippen LogP contribution in [0, 0.1) is 5.92 Å². The topological polar surface area (TPSA) is 12.0 Å². The van der Waals surface area contributed by atoms with Crippen LogP contribution in [0.2, 0.25) is 0 Å². The third kappa shape index (κ3) is 4.22. The Morgan fingerprint density at radius 2 is 2.05 bits per heavy atom. The van der Waals surface area contributed by atoms with E-state index in [1.807, 2.05) is 0 Å². The molecule has 1 N–H and O–H groups in total. The van der Waals surface area contributed by atoms with Crippen LogP contribution in [0.15, 0.2) is 22.7 Å². The van der Waals surface area contributed by atoms with Gasteiger partial charge in [0.2, 0.25) is 0 Å². The van der Waals surface area contributed by atoms with E-state index in [4.69, 9.17) is 0 Å². The summed E-state index contributed by atoms with van der Waals surface area (Å²) in [5.74, 6) is 0.677. The van der Waals surface area contributed by atoms with Crippen molar-refractivity contribution in [1.82, 2.24) is 5.32 Å². The van der Waals surface area contributed by atoms with E-state index in [0.717, 1.165) is 24.9 Å². The summed E-state index contributed by atoms with van der Waals surface area (Å²) in [6.07, 6.45) is 0.0114. The van der Waals surface area contributed by atoms with Gasteiger partial charge < -0.3 is 5.32 Å². The molecule has 1 aliphatic carbocycles. The quantitative estimate of drug-likeness (QED) is 0.778. The first-order chi connectivity index (χ1) is 9.41. The lowest BCUT2D eigenvalue weighted by molar-refractivity contribution is -0.137. The highest BCUT2D eigenvalue weighted by atomic mass is 79.9. The summed E-state index contributed by atoms with van der Waals surface area (Å²) in [6.45, 7) is 3.07. The Morgan fingerprint density at radius 1 is 1.35 bits per heavy atom. The molecule has 1 aromatic carbocycles. The predicted molar refractivity (Wildman–Crippen MR) is 77.7 cm³/mol. The number of hydrogen-bond donors (Lipinski definition) is 1. The maximum atomic E-state index is 12.6. The molecule has 0 bridgehead atoms. The van der Waals surface area contributed by atoms with Gasteiger partial charge in [0, 0.05) is 10.5 Å². The van der Waals surface area contributed by atoms with Gasteiger partial charge in [0.1, 0.15) is 0 Å². The highest BCUT2D eigenvalue weighted by Crippen LogP contribution is 2.36. The maximum absolute atomic E-state index is 12.6. The fourth-order valence-electron chi connectivity index (χ4n) is 2.36. The normalized spacial score (nSPS) is 17.2. The summed E-state index contributed by atoms with van der Waals surface area (Å²) in [6, 6.07) is 4.32. The first kappa shape index (κ1) is 15.8. The van der Waals surface area contributed by atoms with Gasteiger partial charge in [-0.1, -0.05) is 28.9 Å². The van der Waals surface area contributed by atoms with Gasteiger partial charge in [-0.3, -0.25) is 0 Å². The number of rotatable bonds is 6. The minimum atomic E-state index is -4.28. The highest BCUT2D eigenvalue weighted by Gasteiger charge is 2.33. The molecule has 0 heterocycles. The predicted octanol–water partition coefficient (Wildman–Crippen LogP) is 4.79. The lowest BCUT2D eigenvalue weighted by atomic mass is 10.0. The molecule has 2 rings (SSSR count). The van der Waals surface area contributed by atoms with Crippen molar-refractivity contribution in [2.75, 3.05) is 6.54 Å². The zero-order chi connectivity index (χ0) is 14.8. The molecular formula is C15H19BrF3N. The van der Waals surface area contributed by atoms with Crippen molar-refractivity contribution in [3.8, 4) is 0 Å². The molecule has 0 amide bonds. The summed E-state index contributed by atoms with van der Waals surface area (Å²) in [5.41, 5.74) is 0.344. The van der Waals surface area contributed by atoms with Crippen molar-refractivity contribution in [3.05, 3.63) is 33.8 Å². The van der Waals surface area contributed by atoms with E-state index < -0.39 is 11.7 Å². The first-order valence-corrected chi connectivity index (χ1v) is 7.80. The van der Waals surface area contributed by atoms with Gasteiger partial charge in [-0.25, -0.2) is 0 Å². The van der Waals surface area contributed by atoms with Gasteiger partial charge in [-0.2, -0.15) is 13.2 Å². The van der Waals surface area contributed by atoms with Crippen LogP contribution in [0.1, 0.15) is 37.3 Å². The Hall–Kier alpha value is -0.550. The SMILES string of the molecule is CCCNC(Cc1ccc(C(F)(F)F)cc1Br)C1CC1. The maximum Gasteiger partial charge on any atom is 0.416 e. The minimum absolute atomic E-state index is 0.378. The van der Waals surface area contributed by atoms with Crippen LogP contribution in [0.5, 0.6) is 0 Å². The van der Waals surface area contributed by atoms with E-state index in [1.165, 1.54) is 25.0 Å². The van der Waals surface area contributed by atoms with Crippen molar-refractivity contribution in [2.45, 2.75) is 44.8 Å². The molecule has 1 saturated carbocycles. The molecule has 0 spiro atoms. The van der Waals surface area contributed by atoms with Crippen molar-refractivity contribution >= 4 is 15.9 Å². The average Bonchev–Trinajstić information content (AvgIpc) is 3.19. The summed E-state index contributed by atoms with van der Waals surface area (Å²) in [5, 5.41) is 3.51. The third-order valence-electron chi connectivity index (χ3n) is 3.67. The second kappa shape index (κ2) is 6.48. The van der Waals surface area contributed by atoms with Gasteiger partial charge in [0.05, 0.1) is 5.56 Å². The largest absolute Gasteiger partial charge is 0.416 e. The lowest BCUT2D eigenvalue weighted by Crippen LogP contribution is -2.33. The molecule has 1 aliphatic rings. The summed E-state index contributed by atoms with van der Waals surface area (Å²) < 4.78 is 38.5. The molecule has 1 atom stereocenters. The van der Waals surface area contributed by atoms with Crippen molar-refractivity contribution in [1.29, 1.82) is 0 Å². The van der Waals surface area contributed by atoms with E-state index in [1.54, 1.807) is 6.07 Å². The van der Waals surface area contributed by atoms with E-state index in [0.29, 0.717) is 16.4 Å². The Balaban J connectivity index is 2.08. The molecule has 1 unspecified atom stereocenters. The first-order valence-electron chi connectivity index (χ1n) is 7.00. The molecule has 0 radical (unpaired) electrons. The summed E-state index contributed by atoms with van der Waals surface area (Å²) in [7, 11) is 0. The van der Waals surface area contributed by atoms with Crippen LogP contribution in [0.25, 0.3) is 0 Å². The van der Waals surface area contributed by atoms with Crippen LogP contribution >= 0.6 is 15.9 Å². The van der Waals surface area contributed by atoms with Gasteiger partial charge in [0.25, 0.3) is 0 Å². The van der Waals surface area contributed by atoms with Crippen LogP contribution in [0.4, 0.5) is 13.2 Å². The number of hydrogen-bond acceptors (Lipinski definition) is 1. The molecule has 0 aliphatic heterocycles.